The summed E-state index contributed by atoms with van der Waals surface area (Å²) >= 11 is 0. The number of hydrogen-bond donors (Lipinski definition) is 0. The predicted octanol–water partition coefficient (Wildman–Crippen LogP) is 8.11. The Hall–Kier alpha value is -0.883. The molecule has 0 aromatic heterocycles. The van der Waals surface area contributed by atoms with Crippen molar-refractivity contribution < 1.29 is 18.0 Å². The highest BCUT2D eigenvalue weighted by Gasteiger charge is 2.51. The third-order valence-corrected chi connectivity index (χ3v) is 9.04. The van der Waals surface area contributed by atoms with Gasteiger partial charge in [-0.1, -0.05) is 95.8 Å². The fourth-order valence-electron chi connectivity index (χ4n) is 4.15. The van der Waals surface area contributed by atoms with Crippen molar-refractivity contribution in [1.82, 2.24) is 0 Å². The zero-order chi connectivity index (χ0) is 23.3. The van der Waals surface area contributed by atoms with Crippen LogP contribution < -0.4 is 4.74 Å². The monoisotopic (exact) mass is 466 g/mol. The lowest BCUT2D eigenvalue weighted by Crippen LogP contribution is -2.59. The molecule has 0 aliphatic rings. The number of rotatable bonds is 22. The second kappa shape index (κ2) is 19.6. The van der Waals surface area contributed by atoms with E-state index >= 15 is 0 Å². The summed E-state index contributed by atoms with van der Waals surface area (Å²) in [7, 11) is -2.93. The lowest BCUT2D eigenvalue weighted by molar-refractivity contribution is 0.0265. The average Bonchev–Trinajstić information content (AvgIpc) is 2.80. The van der Waals surface area contributed by atoms with Crippen LogP contribution >= 0.6 is 0 Å². The summed E-state index contributed by atoms with van der Waals surface area (Å²) in [5, 5.41) is 0. The fraction of sp³-hybridized carbons (Fsp3) is 0.778. The normalized spacial score (nSPS) is 12.8. The first kappa shape index (κ1) is 29.1. The van der Waals surface area contributed by atoms with Gasteiger partial charge in [0.2, 0.25) is 0 Å². The van der Waals surface area contributed by atoms with Crippen LogP contribution in [0, 0.1) is 0 Å². The molecule has 1 rings (SSSR count). The van der Waals surface area contributed by atoms with Gasteiger partial charge in [0.25, 0.3) is 0 Å². The van der Waals surface area contributed by atoms with Crippen LogP contribution in [-0.4, -0.2) is 34.4 Å². The molecular formula is C27H50O4Si. The Morgan fingerprint density at radius 2 is 1.03 bits per heavy atom. The van der Waals surface area contributed by atoms with Crippen LogP contribution in [-0.2, 0) is 13.3 Å². The lowest BCUT2D eigenvalue weighted by atomic mass is 10.0. The second-order valence-electron chi connectivity index (χ2n) is 8.50. The van der Waals surface area contributed by atoms with E-state index in [1.54, 1.807) is 0 Å². The van der Waals surface area contributed by atoms with Gasteiger partial charge in [-0.25, -0.2) is 0 Å². The fourth-order valence-corrected chi connectivity index (χ4v) is 7.00. The molecule has 0 aliphatic heterocycles. The van der Waals surface area contributed by atoms with E-state index in [1.165, 1.54) is 70.6 Å². The maximum atomic E-state index is 6.42. The standard InChI is InChI=1S/C27H50O4Si/c1-5-9-10-11-12-13-14-15-16-17-18-22-25-27(31-26-23-20-19-21-24-26)32(28-6-2,29-7-3)30-8-4/h19-21,23-24,27H,5-18,22,25H2,1-4H3. The molecule has 0 N–H and O–H groups in total. The van der Waals surface area contributed by atoms with Gasteiger partial charge in [0.15, 0.2) is 5.73 Å². The first-order chi connectivity index (χ1) is 15.7. The molecule has 0 amide bonds. The van der Waals surface area contributed by atoms with Crippen molar-refractivity contribution in [3.05, 3.63) is 30.3 Å². The van der Waals surface area contributed by atoms with Crippen LogP contribution in [0.1, 0.15) is 111 Å². The Bertz CT molecular complexity index is 509. The van der Waals surface area contributed by atoms with E-state index in [2.05, 4.69) is 6.92 Å². The summed E-state index contributed by atoms with van der Waals surface area (Å²) in [5.74, 6) is 0.854. The highest BCUT2D eigenvalue weighted by atomic mass is 28.4. The van der Waals surface area contributed by atoms with Crippen molar-refractivity contribution in [3.63, 3.8) is 0 Å². The first-order valence-corrected chi connectivity index (χ1v) is 15.2. The second-order valence-corrected chi connectivity index (χ2v) is 11.2. The van der Waals surface area contributed by atoms with Gasteiger partial charge >= 0.3 is 8.80 Å². The smallest absolute Gasteiger partial charge is 0.486 e. The van der Waals surface area contributed by atoms with E-state index < -0.39 is 8.80 Å². The van der Waals surface area contributed by atoms with Crippen molar-refractivity contribution in [2.45, 2.75) is 117 Å². The SMILES string of the molecule is CCCCCCCCCCCCCCC(Oc1ccccc1)[Si](OCC)(OCC)OCC. The number of unbranched alkanes of at least 4 members (excludes halogenated alkanes) is 11. The highest BCUT2D eigenvalue weighted by molar-refractivity contribution is 6.62. The molecule has 1 atom stereocenters. The van der Waals surface area contributed by atoms with E-state index in [1.807, 2.05) is 51.1 Å². The molecule has 5 heteroatoms. The molecule has 32 heavy (non-hydrogen) atoms. The topological polar surface area (TPSA) is 36.9 Å². The Morgan fingerprint density at radius 3 is 1.47 bits per heavy atom. The molecule has 4 nitrogen and oxygen atoms in total. The van der Waals surface area contributed by atoms with Crippen LogP contribution in [0.4, 0.5) is 0 Å². The maximum absolute atomic E-state index is 6.42. The van der Waals surface area contributed by atoms with Crippen molar-refractivity contribution in [1.29, 1.82) is 0 Å². The Kier molecular flexibility index (Phi) is 17.8. The van der Waals surface area contributed by atoms with Crippen molar-refractivity contribution in [2.75, 3.05) is 19.8 Å². The molecule has 0 bridgehead atoms. The molecule has 0 heterocycles. The van der Waals surface area contributed by atoms with Crippen LogP contribution in [0.3, 0.4) is 0 Å². The van der Waals surface area contributed by atoms with E-state index in [4.69, 9.17) is 18.0 Å². The molecular weight excluding hydrogens is 416 g/mol. The van der Waals surface area contributed by atoms with Gasteiger partial charge in [0, 0.05) is 19.8 Å². The van der Waals surface area contributed by atoms with E-state index in [0.29, 0.717) is 19.8 Å². The molecule has 1 aromatic rings. The third-order valence-electron chi connectivity index (χ3n) is 5.77. The predicted molar refractivity (Wildman–Crippen MR) is 137 cm³/mol. The summed E-state index contributed by atoms with van der Waals surface area (Å²) < 4.78 is 24.9. The zero-order valence-electron chi connectivity index (χ0n) is 21.4. The first-order valence-electron chi connectivity index (χ1n) is 13.4. The largest absolute Gasteiger partial charge is 0.543 e. The highest BCUT2D eigenvalue weighted by Crippen LogP contribution is 2.26. The van der Waals surface area contributed by atoms with Gasteiger partial charge < -0.3 is 18.0 Å². The summed E-state index contributed by atoms with van der Waals surface area (Å²) in [6, 6.07) is 10.0. The third kappa shape index (κ3) is 12.4. The molecule has 0 radical (unpaired) electrons. The van der Waals surface area contributed by atoms with Gasteiger partial charge in [-0.3, -0.25) is 0 Å². The van der Waals surface area contributed by atoms with E-state index in [0.717, 1.165) is 18.6 Å². The molecule has 0 spiro atoms. The molecule has 0 aliphatic carbocycles. The molecule has 0 saturated carbocycles. The van der Waals surface area contributed by atoms with Crippen molar-refractivity contribution in [2.24, 2.45) is 0 Å². The van der Waals surface area contributed by atoms with Crippen molar-refractivity contribution >= 4 is 8.80 Å². The minimum absolute atomic E-state index is 0.173. The van der Waals surface area contributed by atoms with Crippen LogP contribution in [0.5, 0.6) is 5.75 Å². The van der Waals surface area contributed by atoms with Crippen molar-refractivity contribution in [3.8, 4) is 5.75 Å². The zero-order valence-corrected chi connectivity index (χ0v) is 22.4. The maximum Gasteiger partial charge on any atom is 0.543 e. The van der Waals surface area contributed by atoms with E-state index in [-0.39, 0.29) is 5.73 Å². The van der Waals surface area contributed by atoms with Crippen LogP contribution in [0.15, 0.2) is 30.3 Å². The van der Waals surface area contributed by atoms with E-state index in [9.17, 15) is 0 Å². The molecule has 0 saturated heterocycles. The summed E-state index contributed by atoms with van der Waals surface area (Å²) in [6.45, 7) is 10.00. The number of para-hydroxylation sites is 1. The number of hydrogen-bond acceptors (Lipinski definition) is 4. The van der Waals surface area contributed by atoms with Gasteiger partial charge in [-0.05, 0) is 45.7 Å². The summed E-state index contributed by atoms with van der Waals surface area (Å²) in [5.41, 5.74) is -0.173. The quantitative estimate of drug-likeness (QED) is 0.128. The summed E-state index contributed by atoms with van der Waals surface area (Å²) in [6.07, 6.45) is 17.0. The Balaban J connectivity index is 2.47. The van der Waals surface area contributed by atoms with Gasteiger partial charge in [0.05, 0.1) is 0 Å². The van der Waals surface area contributed by atoms with Crippen LogP contribution in [0.25, 0.3) is 0 Å². The summed E-state index contributed by atoms with van der Waals surface area (Å²) in [4.78, 5) is 0. The minimum atomic E-state index is -2.93. The Morgan fingerprint density at radius 1 is 0.594 bits per heavy atom. The molecule has 1 unspecified atom stereocenters. The minimum Gasteiger partial charge on any atom is -0.486 e. The average molecular weight is 467 g/mol. The lowest BCUT2D eigenvalue weighted by Gasteiger charge is -2.35. The Labute approximate surface area is 199 Å². The molecule has 186 valence electrons. The van der Waals surface area contributed by atoms with Gasteiger partial charge in [0.1, 0.15) is 5.75 Å². The van der Waals surface area contributed by atoms with Crippen LogP contribution in [0.2, 0.25) is 0 Å². The number of benzene rings is 1. The van der Waals surface area contributed by atoms with Gasteiger partial charge in [-0.15, -0.1) is 0 Å². The van der Waals surface area contributed by atoms with Gasteiger partial charge in [-0.2, -0.15) is 0 Å². The molecule has 1 aromatic carbocycles. The number of ether oxygens (including phenoxy) is 1. The molecule has 0 fully saturated rings.